The molecular weight excluding hydrogens is 394 g/mol. The molecule has 1 amide bonds. The van der Waals surface area contributed by atoms with E-state index >= 15 is 0 Å². The molecule has 3 aromatic heterocycles. The third kappa shape index (κ3) is 4.80. The van der Waals surface area contributed by atoms with Crippen LogP contribution in [0, 0.1) is 6.92 Å². The fourth-order valence-corrected chi connectivity index (χ4v) is 3.62. The lowest BCUT2D eigenvalue weighted by Gasteiger charge is -2.06. The summed E-state index contributed by atoms with van der Waals surface area (Å²) < 4.78 is 11.8. The second kappa shape index (κ2) is 8.87. The van der Waals surface area contributed by atoms with Crippen molar-refractivity contribution in [3.63, 3.8) is 0 Å². The van der Waals surface area contributed by atoms with E-state index in [0.717, 1.165) is 16.9 Å². The summed E-state index contributed by atoms with van der Waals surface area (Å²) in [6, 6.07) is 5.43. The van der Waals surface area contributed by atoms with Gasteiger partial charge in [0.05, 0.1) is 12.2 Å². The van der Waals surface area contributed by atoms with Crippen molar-refractivity contribution in [2.24, 2.45) is 0 Å². The highest BCUT2D eigenvalue weighted by Crippen LogP contribution is 2.29. The largest absolute Gasteiger partial charge is 0.462 e. The summed E-state index contributed by atoms with van der Waals surface area (Å²) in [5, 5.41) is 3.00. The number of anilines is 1. The number of aromatic nitrogens is 2. The van der Waals surface area contributed by atoms with Crippen LogP contribution in [0.1, 0.15) is 45.1 Å². The zero-order chi connectivity index (χ0) is 21.0. The number of aryl methyl sites for hydroxylation is 2. The van der Waals surface area contributed by atoms with Crippen molar-refractivity contribution in [1.29, 1.82) is 0 Å². The van der Waals surface area contributed by atoms with Crippen LogP contribution in [-0.4, -0.2) is 40.4 Å². The Morgan fingerprint density at radius 1 is 1.17 bits per heavy atom. The van der Waals surface area contributed by atoms with E-state index in [1.165, 1.54) is 11.3 Å². The second-order valence-corrected chi connectivity index (χ2v) is 7.39. The number of esters is 2. The van der Waals surface area contributed by atoms with Crippen molar-refractivity contribution >= 4 is 39.8 Å². The summed E-state index contributed by atoms with van der Waals surface area (Å²) in [5.41, 5.74) is 2.04. The molecule has 3 aromatic rings. The fraction of sp³-hybridized carbons (Fsp3) is 0.300. The maximum absolute atomic E-state index is 12.2. The van der Waals surface area contributed by atoms with Gasteiger partial charge in [0.1, 0.15) is 10.6 Å². The number of carbonyl (C=O) groups excluding carboxylic acids is 3. The van der Waals surface area contributed by atoms with Gasteiger partial charge in [-0.25, -0.2) is 14.6 Å². The highest BCUT2D eigenvalue weighted by atomic mass is 32.1. The van der Waals surface area contributed by atoms with E-state index in [9.17, 15) is 14.4 Å². The van der Waals surface area contributed by atoms with E-state index in [1.807, 2.05) is 26.0 Å². The van der Waals surface area contributed by atoms with Crippen LogP contribution in [0.5, 0.6) is 0 Å². The van der Waals surface area contributed by atoms with Crippen molar-refractivity contribution in [2.45, 2.75) is 27.2 Å². The molecule has 0 unspecified atom stereocenters. The van der Waals surface area contributed by atoms with Crippen molar-refractivity contribution in [1.82, 2.24) is 9.38 Å². The summed E-state index contributed by atoms with van der Waals surface area (Å²) in [6.45, 7) is 5.33. The molecule has 3 heterocycles. The summed E-state index contributed by atoms with van der Waals surface area (Å²) in [4.78, 5) is 41.7. The third-order valence-electron chi connectivity index (χ3n) is 4.04. The van der Waals surface area contributed by atoms with Crippen LogP contribution in [-0.2, 0) is 20.7 Å². The predicted molar refractivity (Wildman–Crippen MR) is 108 cm³/mol. The van der Waals surface area contributed by atoms with Crippen LogP contribution >= 0.6 is 11.3 Å². The minimum Gasteiger partial charge on any atom is -0.462 e. The minimum absolute atomic E-state index is 0.111. The normalized spacial score (nSPS) is 10.7. The van der Waals surface area contributed by atoms with Gasteiger partial charge in [-0.3, -0.25) is 4.79 Å². The third-order valence-corrected chi connectivity index (χ3v) is 5.23. The molecule has 0 aliphatic rings. The molecule has 1 N–H and O–H groups in total. The van der Waals surface area contributed by atoms with Gasteiger partial charge in [-0.2, -0.15) is 0 Å². The number of ether oxygens (including phenoxy) is 2. The van der Waals surface area contributed by atoms with Gasteiger partial charge < -0.3 is 19.2 Å². The average molecular weight is 415 g/mol. The molecule has 29 heavy (non-hydrogen) atoms. The number of amides is 1. The molecule has 9 heteroatoms. The van der Waals surface area contributed by atoms with E-state index in [1.54, 1.807) is 29.8 Å². The number of fused-ring (bicyclic) bond motifs is 1. The number of pyridine rings is 1. The van der Waals surface area contributed by atoms with Crippen molar-refractivity contribution < 1.29 is 23.9 Å². The monoisotopic (exact) mass is 415 g/mol. The van der Waals surface area contributed by atoms with Gasteiger partial charge in [-0.15, -0.1) is 11.3 Å². The summed E-state index contributed by atoms with van der Waals surface area (Å²) in [6.07, 6.45) is 4.05. The SMILES string of the molecule is CCOC(=O)c1cc(CC)sc1NC(=O)COC(=O)c1cn2ccc(C)cc2n1. The Morgan fingerprint density at radius 3 is 2.69 bits per heavy atom. The van der Waals surface area contributed by atoms with Crippen LogP contribution in [0.25, 0.3) is 5.65 Å². The summed E-state index contributed by atoms with van der Waals surface area (Å²) in [7, 11) is 0. The van der Waals surface area contributed by atoms with E-state index in [4.69, 9.17) is 9.47 Å². The number of nitrogens with one attached hydrogen (secondary N) is 1. The van der Waals surface area contributed by atoms with Crippen LogP contribution in [0.4, 0.5) is 5.00 Å². The van der Waals surface area contributed by atoms with E-state index in [2.05, 4.69) is 10.3 Å². The number of imidazole rings is 1. The van der Waals surface area contributed by atoms with Gasteiger partial charge in [-0.05, 0) is 44.0 Å². The summed E-state index contributed by atoms with van der Waals surface area (Å²) in [5.74, 6) is -1.75. The molecule has 0 atom stereocenters. The molecule has 0 radical (unpaired) electrons. The van der Waals surface area contributed by atoms with Gasteiger partial charge >= 0.3 is 11.9 Å². The van der Waals surface area contributed by atoms with E-state index in [0.29, 0.717) is 16.2 Å². The number of carbonyl (C=O) groups is 3. The lowest BCUT2D eigenvalue weighted by Crippen LogP contribution is -2.21. The zero-order valence-corrected chi connectivity index (χ0v) is 17.2. The highest BCUT2D eigenvalue weighted by molar-refractivity contribution is 7.16. The number of hydrogen-bond donors (Lipinski definition) is 1. The Hall–Kier alpha value is -3.20. The molecule has 0 saturated carbocycles. The maximum Gasteiger partial charge on any atom is 0.359 e. The number of nitrogens with zero attached hydrogens (tertiary/aromatic N) is 2. The lowest BCUT2D eigenvalue weighted by molar-refractivity contribution is -0.119. The van der Waals surface area contributed by atoms with Gasteiger partial charge in [0.15, 0.2) is 12.3 Å². The standard InChI is InChI=1S/C20H21N3O5S/c1-4-13-9-14(19(25)27-5-2)18(29-13)22-17(24)11-28-20(26)15-10-23-7-6-12(3)8-16(23)21-15/h6-10H,4-5,11H2,1-3H3,(H,22,24). The van der Waals surface area contributed by atoms with Gasteiger partial charge in [0.2, 0.25) is 0 Å². The fourth-order valence-electron chi connectivity index (χ4n) is 2.62. The molecule has 0 aliphatic carbocycles. The van der Waals surface area contributed by atoms with Crippen LogP contribution < -0.4 is 5.32 Å². The first kappa shape index (κ1) is 20.5. The first-order valence-corrected chi connectivity index (χ1v) is 9.95. The molecule has 0 spiro atoms. The van der Waals surface area contributed by atoms with E-state index in [-0.39, 0.29) is 12.3 Å². The molecule has 3 rings (SSSR count). The Bertz CT molecular complexity index is 1070. The lowest BCUT2D eigenvalue weighted by atomic mass is 10.2. The molecule has 0 aromatic carbocycles. The number of hydrogen-bond acceptors (Lipinski definition) is 7. The molecule has 0 aliphatic heterocycles. The minimum atomic E-state index is -0.701. The Balaban J connectivity index is 1.64. The highest BCUT2D eigenvalue weighted by Gasteiger charge is 2.20. The first-order chi connectivity index (χ1) is 13.9. The Kier molecular flexibility index (Phi) is 6.28. The Labute approximate surface area is 171 Å². The quantitative estimate of drug-likeness (QED) is 0.595. The molecule has 0 fully saturated rings. The number of thiophene rings is 1. The van der Waals surface area contributed by atoms with Crippen molar-refractivity contribution in [2.75, 3.05) is 18.5 Å². The zero-order valence-electron chi connectivity index (χ0n) is 16.4. The Morgan fingerprint density at radius 2 is 1.97 bits per heavy atom. The van der Waals surface area contributed by atoms with Crippen molar-refractivity contribution in [3.8, 4) is 0 Å². The van der Waals surface area contributed by atoms with Gasteiger partial charge in [0.25, 0.3) is 5.91 Å². The predicted octanol–water partition coefficient (Wildman–Crippen LogP) is 3.24. The second-order valence-electron chi connectivity index (χ2n) is 6.25. The van der Waals surface area contributed by atoms with Crippen LogP contribution in [0.2, 0.25) is 0 Å². The first-order valence-electron chi connectivity index (χ1n) is 9.13. The van der Waals surface area contributed by atoms with Crippen molar-refractivity contribution in [3.05, 3.63) is 52.3 Å². The van der Waals surface area contributed by atoms with Crippen LogP contribution in [0.3, 0.4) is 0 Å². The number of rotatable bonds is 7. The molecule has 8 nitrogen and oxygen atoms in total. The topological polar surface area (TPSA) is 99.0 Å². The molecule has 0 saturated heterocycles. The van der Waals surface area contributed by atoms with Gasteiger partial charge in [0, 0.05) is 17.3 Å². The average Bonchev–Trinajstić information content (AvgIpc) is 3.29. The van der Waals surface area contributed by atoms with Crippen LogP contribution in [0.15, 0.2) is 30.6 Å². The maximum atomic E-state index is 12.2. The molecule has 152 valence electrons. The molecular formula is C20H21N3O5S. The summed E-state index contributed by atoms with van der Waals surface area (Å²) >= 11 is 1.29. The molecule has 0 bridgehead atoms. The smallest absolute Gasteiger partial charge is 0.359 e. The van der Waals surface area contributed by atoms with Gasteiger partial charge in [-0.1, -0.05) is 6.92 Å². The van der Waals surface area contributed by atoms with E-state index < -0.39 is 24.5 Å².